The molecule has 2 aromatic carbocycles. The van der Waals surface area contributed by atoms with Gasteiger partial charge >= 0.3 is 6.03 Å². The van der Waals surface area contributed by atoms with Crippen LogP contribution in [-0.4, -0.2) is 29.2 Å². The smallest absolute Gasteiger partial charge is 0.326 e. The molecule has 1 aromatic heterocycles. The van der Waals surface area contributed by atoms with Crippen LogP contribution in [0.3, 0.4) is 0 Å². The summed E-state index contributed by atoms with van der Waals surface area (Å²) in [7, 11) is 0. The third kappa shape index (κ3) is 4.53. The Morgan fingerprint density at radius 1 is 1.09 bits per heavy atom. The Bertz CT molecular complexity index is 1240. The molecule has 1 aliphatic carbocycles. The molecule has 2 aliphatic rings. The van der Waals surface area contributed by atoms with Gasteiger partial charge in [0.05, 0.1) is 11.7 Å². The van der Waals surface area contributed by atoms with Crippen molar-refractivity contribution in [3.63, 3.8) is 0 Å². The summed E-state index contributed by atoms with van der Waals surface area (Å²) in [5, 5.41) is 7.05. The van der Waals surface area contributed by atoms with Crippen LogP contribution in [0.2, 0.25) is 0 Å². The molecule has 1 atom stereocenters. The molecule has 6 nitrogen and oxygen atoms in total. The molecule has 0 bridgehead atoms. The van der Waals surface area contributed by atoms with Gasteiger partial charge in [-0.1, -0.05) is 24.3 Å². The molecule has 0 saturated carbocycles. The van der Waals surface area contributed by atoms with Crippen molar-refractivity contribution in [1.29, 1.82) is 0 Å². The topological polar surface area (TPSA) is 74.3 Å². The van der Waals surface area contributed by atoms with Crippen LogP contribution in [0.15, 0.2) is 59.6 Å². The van der Waals surface area contributed by atoms with E-state index in [0.29, 0.717) is 17.8 Å². The zero-order valence-electron chi connectivity index (χ0n) is 19.4. The zero-order valence-corrected chi connectivity index (χ0v) is 20.2. The van der Waals surface area contributed by atoms with E-state index in [4.69, 9.17) is 0 Å². The van der Waals surface area contributed by atoms with E-state index in [1.807, 2.05) is 26.0 Å². The van der Waals surface area contributed by atoms with E-state index in [9.17, 15) is 9.59 Å². The van der Waals surface area contributed by atoms with Crippen LogP contribution in [0.4, 0.5) is 16.2 Å². The summed E-state index contributed by atoms with van der Waals surface area (Å²) >= 11 is 1.68. The fraction of sp³-hybridized carbons (Fsp3) is 0.296. The minimum Gasteiger partial charge on any atom is -0.345 e. The third-order valence-corrected chi connectivity index (χ3v) is 7.37. The molecule has 2 N–H and O–H groups in total. The predicted molar refractivity (Wildman–Crippen MR) is 137 cm³/mol. The van der Waals surface area contributed by atoms with Gasteiger partial charge in [-0.05, 0) is 80.1 Å². The average Bonchev–Trinajstić information content (AvgIpc) is 2.84. The highest BCUT2D eigenvalue weighted by molar-refractivity contribution is 7.99. The molecular weight excluding hydrogens is 444 g/mol. The van der Waals surface area contributed by atoms with E-state index in [1.54, 1.807) is 40.9 Å². The Kier molecular flexibility index (Phi) is 6.28. The number of pyridine rings is 1. The van der Waals surface area contributed by atoms with Crippen LogP contribution in [-0.2, 0) is 6.42 Å². The molecule has 0 unspecified atom stereocenters. The monoisotopic (exact) mass is 472 g/mol. The molecule has 2 heterocycles. The van der Waals surface area contributed by atoms with Gasteiger partial charge < -0.3 is 10.6 Å². The standard InChI is InChI=1S/C27H28N4O2S/c1-17-16-18(2)28-26-24(17)31(14-15-34-26)27(33)29-21-12-10-20(11-13-21)25(32)30-23-9-5-7-19-6-3-4-8-22(19)23/h3-4,6,8,10-13,16,23H,5,7,9,14-15H2,1-2H3,(H,29,33)(H,30,32)/t23-/m0/s1. The van der Waals surface area contributed by atoms with Crippen LogP contribution in [0.1, 0.15) is 51.6 Å². The van der Waals surface area contributed by atoms with E-state index in [2.05, 4.69) is 33.8 Å². The number of anilines is 2. The number of hydrogen-bond donors (Lipinski definition) is 2. The maximum atomic E-state index is 13.1. The first kappa shape index (κ1) is 22.5. The van der Waals surface area contributed by atoms with Gasteiger partial charge in [-0.25, -0.2) is 9.78 Å². The highest BCUT2D eigenvalue weighted by atomic mass is 32.2. The molecule has 0 saturated heterocycles. The van der Waals surface area contributed by atoms with Gasteiger partial charge in [0.15, 0.2) is 0 Å². The van der Waals surface area contributed by atoms with Gasteiger partial charge in [0.25, 0.3) is 5.91 Å². The Hall–Kier alpha value is -3.32. The summed E-state index contributed by atoms with van der Waals surface area (Å²) in [5.74, 6) is 0.707. The minimum absolute atomic E-state index is 0.0364. The van der Waals surface area contributed by atoms with Crippen LogP contribution in [0.5, 0.6) is 0 Å². The number of hydrogen-bond acceptors (Lipinski definition) is 4. The predicted octanol–water partition coefficient (Wildman–Crippen LogP) is 5.65. The number of nitrogens with zero attached hydrogens (tertiary/aromatic N) is 2. The second-order valence-electron chi connectivity index (χ2n) is 8.86. The van der Waals surface area contributed by atoms with Crippen LogP contribution < -0.4 is 15.5 Å². The van der Waals surface area contributed by atoms with Gasteiger partial charge in [-0.2, -0.15) is 0 Å². The minimum atomic E-state index is -0.189. The number of carbonyl (C=O) groups is 2. The molecule has 3 amide bonds. The molecule has 174 valence electrons. The molecular formula is C27H28N4O2S. The number of urea groups is 1. The number of aromatic nitrogens is 1. The van der Waals surface area contributed by atoms with Crippen LogP contribution >= 0.6 is 11.8 Å². The van der Waals surface area contributed by atoms with Gasteiger partial charge in [0, 0.05) is 29.2 Å². The van der Waals surface area contributed by atoms with E-state index < -0.39 is 0 Å². The largest absolute Gasteiger partial charge is 0.345 e. The van der Waals surface area contributed by atoms with E-state index in [1.165, 1.54) is 11.1 Å². The first-order valence-corrected chi connectivity index (χ1v) is 12.7. The lowest BCUT2D eigenvalue weighted by molar-refractivity contribution is 0.0932. The van der Waals surface area contributed by atoms with Gasteiger partial charge in [-0.3, -0.25) is 9.69 Å². The van der Waals surface area contributed by atoms with Crippen LogP contribution in [0, 0.1) is 13.8 Å². The molecule has 34 heavy (non-hydrogen) atoms. The molecule has 0 fully saturated rings. The van der Waals surface area contributed by atoms with E-state index >= 15 is 0 Å². The van der Waals surface area contributed by atoms with Crippen molar-refractivity contribution in [1.82, 2.24) is 10.3 Å². The first-order valence-electron chi connectivity index (χ1n) is 11.7. The lowest BCUT2D eigenvalue weighted by Gasteiger charge is -2.30. The molecule has 3 aromatic rings. The van der Waals surface area contributed by atoms with Crippen molar-refractivity contribution in [3.8, 4) is 0 Å². The number of benzene rings is 2. The lowest BCUT2D eigenvalue weighted by Crippen LogP contribution is -2.39. The van der Waals surface area contributed by atoms with Crippen molar-refractivity contribution in [2.24, 2.45) is 0 Å². The van der Waals surface area contributed by atoms with Crippen molar-refractivity contribution in [2.75, 3.05) is 22.5 Å². The van der Waals surface area contributed by atoms with Crippen molar-refractivity contribution in [3.05, 3.63) is 82.5 Å². The van der Waals surface area contributed by atoms with E-state index in [0.717, 1.165) is 47.0 Å². The molecule has 1 aliphatic heterocycles. The molecule has 5 rings (SSSR count). The number of carbonyl (C=O) groups excluding carboxylic acids is 2. The maximum Gasteiger partial charge on any atom is 0.326 e. The fourth-order valence-corrected chi connectivity index (χ4v) is 5.90. The summed E-state index contributed by atoms with van der Waals surface area (Å²) in [6, 6.07) is 17.3. The number of aryl methyl sites for hydroxylation is 3. The fourth-order valence-electron chi connectivity index (χ4n) is 4.81. The lowest BCUT2D eigenvalue weighted by atomic mass is 9.87. The average molecular weight is 473 g/mol. The van der Waals surface area contributed by atoms with Crippen molar-refractivity contribution in [2.45, 2.75) is 44.2 Å². The highest BCUT2D eigenvalue weighted by Gasteiger charge is 2.26. The number of nitrogens with one attached hydrogen (secondary N) is 2. The van der Waals surface area contributed by atoms with Gasteiger partial charge in [0.1, 0.15) is 5.03 Å². The second kappa shape index (κ2) is 9.50. The number of rotatable bonds is 3. The number of thioether (sulfide) groups is 1. The Morgan fingerprint density at radius 3 is 2.71 bits per heavy atom. The number of amides is 3. The second-order valence-corrected chi connectivity index (χ2v) is 9.94. The summed E-state index contributed by atoms with van der Waals surface area (Å²) in [5.41, 5.74) is 6.64. The Labute approximate surface area is 204 Å². The van der Waals surface area contributed by atoms with Gasteiger partial charge in [0.2, 0.25) is 0 Å². The molecule has 0 radical (unpaired) electrons. The Balaban J connectivity index is 1.26. The van der Waals surface area contributed by atoms with E-state index in [-0.39, 0.29) is 18.0 Å². The molecule has 0 spiro atoms. The highest BCUT2D eigenvalue weighted by Crippen LogP contribution is 2.36. The van der Waals surface area contributed by atoms with Gasteiger partial charge in [-0.15, -0.1) is 11.8 Å². The SMILES string of the molecule is Cc1cc(C)c2c(n1)SCCN2C(=O)Nc1ccc(C(=O)N[C@H]2CCCc3ccccc32)cc1. The van der Waals surface area contributed by atoms with Crippen LogP contribution in [0.25, 0.3) is 0 Å². The Morgan fingerprint density at radius 2 is 1.88 bits per heavy atom. The van der Waals surface area contributed by atoms with Crippen molar-refractivity contribution < 1.29 is 9.59 Å². The normalized spacial score (nSPS) is 16.9. The summed E-state index contributed by atoms with van der Waals surface area (Å²) in [4.78, 5) is 32.3. The number of fused-ring (bicyclic) bond motifs is 2. The summed E-state index contributed by atoms with van der Waals surface area (Å²) in [6.07, 6.45) is 3.08. The maximum absolute atomic E-state index is 13.1. The summed E-state index contributed by atoms with van der Waals surface area (Å²) in [6.45, 7) is 4.60. The zero-order chi connectivity index (χ0) is 23.7. The molecule has 7 heteroatoms. The first-order chi connectivity index (χ1) is 16.5. The quantitative estimate of drug-likeness (QED) is 0.517. The summed E-state index contributed by atoms with van der Waals surface area (Å²) < 4.78 is 0. The van der Waals surface area contributed by atoms with Crippen molar-refractivity contribution >= 4 is 35.1 Å². The third-order valence-electron chi connectivity index (χ3n) is 6.42.